The van der Waals surface area contributed by atoms with Crippen LogP contribution in [0.25, 0.3) is 0 Å². The number of sulfonamides is 1. The molecule has 0 heterocycles. The van der Waals surface area contributed by atoms with Crippen LogP contribution in [0, 0.1) is 5.41 Å². The van der Waals surface area contributed by atoms with Crippen molar-refractivity contribution in [2.45, 2.75) is 37.0 Å². The second kappa shape index (κ2) is 6.11. The van der Waals surface area contributed by atoms with Crippen LogP contribution in [0.5, 0.6) is 0 Å². The van der Waals surface area contributed by atoms with E-state index in [0.29, 0.717) is 6.54 Å². The van der Waals surface area contributed by atoms with Gasteiger partial charge in [0.05, 0.1) is 11.5 Å². The van der Waals surface area contributed by atoms with Crippen LogP contribution >= 0.6 is 0 Å². The number of aliphatic hydroxyl groups is 1. The van der Waals surface area contributed by atoms with Crippen molar-refractivity contribution >= 4 is 15.7 Å². The van der Waals surface area contributed by atoms with Crippen LogP contribution in [0.2, 0.25) is 0 Å². The summed E-state index contributed by atoms with van der Waals surface area (Å²) in [6, 6.07) is 6.48. The van der Waals surface area contributed by atoms with Crippen LogP contribution < -0.4 is 10.5 Å². The summed E-state index contributed by atoms with van der Waals surface area (Å²) in [5.74, 6) is 0. The van der Waals surface area contributed by atoms with Crippen molar-refractivity contribution in [2.24, 2.45) is 10.6 Å². The van der Waals surface area contributed by atoms with Crippen LogP contribution in [-0.2, 0) is 10.0 Å². The number of rotatable bonds is 5. The highest BCUT2D eigenvalue weighted by Crippen LogP contribution is 2.36. The van der Waals surface area contributed by atoms with Crippen molar-refractivity contribution < 1.29 is 13.5 Å². The summed E-state index contributed by atoms with van der Waals surface area (Å²) in [6.07, 6.45) is 5.51. The molecule has 1 aliphatic carbocycles. The lowest BCUT2D eigenvalue weighted by atomic mass is 9.74. The second-order valence-corrected chi connectivity index (χ2v) is 7.21. The lowest BCUT2D eigenvalue weighted by molar-refractivity contribution is 0.0944. The van der Waals surface area contributed by atoms with E-state index >= 15 is 0 Å². The van der Waals surface area contributed by atoms with Crippen LogP contribution in [0.4, 0.5) is 5.69 Å². The average Bonchev–Trinajstić information content (AvgIpc) is 2.46. The number of hydrogen-bond acceptors (Lipinski definition) is 4. The molecule has 4 N–H and O–H groups in total. The first-order valence-corrected chi connectivity index (χ1v) is 8.47. The minimum absolute atomic E-state index is 0.0875. The van der Waals surface area contributed by atoms with Gasteiger partial charge in [-0.1, -0.05) is 25.3 Å². The molecule has 2 rings (SSSR count). The molecular formula is C14H22N2O3S. The third kappa shape index (κ3) is 3.71. The Labute approximate surface area is 120 Å². The van der Waals surface area contributed by atoms with E-state index in [9.17, 15) is 13.5 Å². The first-order chi connectivity index (χ1) is 9.45. The van der Waals surface area contributed by atoms with E-state index in [1.807, 2.05) is 6.07 Å². The number of nitrogens with one attached hydrogen (secondary N) is 1. The standard InChI is InChI=1S/C14H22N2O3S/c15-20(18,19)13-6-4-5-12(9-13)16-10-14(11-17)7-2-1-3-8-14/h4-6,9,16-17H,1-3,7-8,10-11H2,(H2,15,18,19). The van der Waals surface area contributed by atoms with Gasteiger partial charge in [-0.15, -0.1) is 0 Å². The van der Waals surface area contributed by atoms with Crippen molar-refractivity contribution in [2.75, 3.05) is 18.5 Å². The van der Waals surface area contributed by atoms with Crippen molar-refractivity contribution in [3.63, 3.8) is 0 Å². The van der Waals surface area contributed by atoms with Gasteiger partial charge in [-0.05, 0) is 31.0 Å². The van der Waals surface area contributed by atoms with Gasteiger partial charge >= 0.3 is 0 Å². The van der Waals surface area contributed by atoms with Crippen LogP contribution in [0.1, 0.15) is 32.1 Å². The fraction of sp³-hybridized carbons (Fsp3) is 0.571. The zero-order chi connectivity index (χ0) is 14.6. The summed E-state index contributed by atoms with van der Waals surface area (Å²) in [7, 11) is -3.68. The third-order valence-corrected chi connectivity index (χ3v) is 4.99. The lowest BCUT2D eigenvalue weighted by Crippen LogP contribution is -2.35. The predicted octanol–water partition coefficient (Wildman–Crippen LogP) is 1.69. The van der Waals surface area contributed by atoms with Gasteiger partial charge in [-0.2, -0.15) is 0 Å². The fourth-order valence-corrected chi connectivity index (χ4v) is 3.32. The van der Waals surface area contributed by atoms with Crippen molar-refractivity contribution in [3.8, 4) is 0 Å². The molecule has 6 heteroatoms. The number of aliphatic hydroxyl groups excluding tert-OH is 1. The van der Waals surface area contributed by atoms with Gasteiger partial charge in [-0.3, -0.25) is 0 Å². The molecule has 0 amide bonds. The molecule has 1 fully saturated rings. The molecule has 1 saturated carbocycles. The average molecular weight is 298 g/mol. The van der Waals surface area contributed by atoms with E-state index in [1.165, 1.54) is 18.6 Å². The Balaban J connectivity index is 2.07. The SMILES string of the molecule is NS(=O)(=O)c1cccc(NCC2(CO)CCCCC2)c1. The smallest absolute Gasteiger partial charge is 0.238 e. The maximum absolute atomic E-state index is 11.3. The topological polar surface area (TPSA) is 92.4 Å². The quantitative estimate of drug-likeness (QED) is 0.771. The largest absolute Gasteiger partial charge is 0.396 e. The molecule has 1 aliphatic rings. The van der Waals surface area contributed by atoms with Crippen LogP contribution in [0.15, 0.2) is 29.2 Å². The van der Waals surface area contributed by atoms with Crippen LogP contribution in [0.3, 0.4) is 0 Å². The first-order valence-electron chi connectivity index (χ1n) is 6.93. The van der Waals surface area contributed by atoms with E-state index in [-0.39, 0.29) is 16.9 Å². The summed E-state index contributed by atoms with van der Waals surface area (Å²) in [4.78, 5) is 0.101. The summed E-state index contributed by atoms with van der Waals surface area (Å²) >= 11 is 0. The number of benzene rings is 1. The van der Waals surface area contributed by atoms with Gasteiger partial charge in [0.25, 0.3) is 0 Å². The Morgan fingerprint density at radius 2 is 1.95 bits per heavy atom. The van der Waals surface area contributed by atoms with Crippen molar-refractivity contribution in [1.29, 1.82) is 0 Å². The highest BCUT2D eigenvalue weighted by molar-refractivity contribution is 7.89. The minimum Gasteiger partial charge on any atom is -0.396 e. The summed E-state index contributed by atoms with van der Waals surface area (Å²) in [5, 5.41) is 18.0. The Kier molecular flexibility index (Phi) is 4.67. The number of nitrogens with two attached hydrogens (primary N) is 1. The molecule has 0 aromatic heterocycles. The molecule has 0 spiro atoms. The monoisotopic (exact) mass is 298 g/mol. The molecule has 0 aliphatic heterocycles. The number of anilines is 1. The molecule has 1 aromatic carbocycles. The number of primary sulfonamides is 1. The van der Waals surface area contributed by atoms with Gasteiger partial charge in [-0.25, -0.2) is 13.6 Å². The maximum atomic E-state index is 11.3. The molecular weight excluding hydrogens is 276 g/mol. The Morgan fingerprint density at radius 1 is 1.25 bits per heavy atom. The zero-order valence-corrected chi connectivity index (χ0v) is 12.3. The Morgan fingerprint density at radius 3 is 2.55 bits per heavy atom. The predicted molar refractivity (Wildman–Crippen MR) is 78.9 cm³/mol. The second-order valence-electron chi connectivity index (χ2n) is 5.65. The first kappa shape index (κ1) is 15.3. The van der Waals surface area contributed by atoms with Gasteiger partial charge in [0, 0.05) is 17.6 Å². The van der Waals surface area contributed by atoms with E-state index < -0.39 is 10.0 Å². The van der Waals surface area contributed by atoms with Crippen molar-refractivity contribution in [1.82, 2.24) is 0 Å². The molecule has 5 nitrogen and oxygen atoms in total. The van der Waals surface area contributed by atoms with E-state index in [4.69, 9.17) is 5.14 Å². The summed E-state index contributed by atoms with van der Waals surface area (Å²) in [5.41, 5.74) is 0.630. The summed E-state index contributed by atoms with van der Waals surface area (Å²) in [6.45, 7) is 0.812. The van der Waals surface area contributed by atoms with E-state index in [2.05, 4.69) is 5.32 Å². The number of hydrogen-bond donors (Lipinski definition) is 3. The maximum Gasteiger partial charge on any atom is 0.238 e. The van der Waals surface area contributed by atoms with Gasteiger partial charge < -0.3 is 10.4 Å². The third-order valence-electron chi connectivity index (χ3n) is 4.08. The van der Waals surface area contributed by atoms with Gasteiger partial charge in [0.2, 0.25) is 10.0 Å². The Hall–Kier alpha value is -1.11. The summed E-state index contributed by atoms with van der Waals surface area (Å²) < 4.78 is 22.6. The van der Waals surface area contributed by atoms with Crippen LogP contribution in [-0.4, -0.2) is 26.7 Å². The van der Waals surface area contributed by atoms with Gasteiger partial charge in [0.1, 0.15) is 0 Å². The highest BCUT2D eigenvalue weighted by atomic mass is 32.2. The fourth-order valence-electron chi connectivity index (χ4n) is 2.77. The molecule has 0 radical (unpaired) electrons. The molecule has 1 aromatic rings. The van der Waals surface area contributed by atoms with Crippen molar-refractivity contribution in [3.05, 3.63) is 24.3 Å². The molecule has 0 atom stereocenters. The highest BCUT2D eigenvalue weighted by Gasteiger charge is 2.31. The van der Waals surface area contributed by atoms with E-state index in [0.717, 1.165) is 31.4 Å². The normalized spacial score (nSPS) is 18.7. The molecule has 0 unspecified atom stereocenters. The molecule has 20 heavy (non-hydrogen) atoms. The Bertz CT molecular complexity index is 551. The van der Waals surface area contributed by atoms with E-state index in [1.54, 1.807) is 6.07 Å². The molecule has 0 saturated heterocycles. The molecule has 112 valence electrons. The zero-order valence-electron chi connectivity index (χ0n) is 11.5. The lowest BCUT2D eigenvalue weighted by Gasteiger charge is -2.36. The molecule has 0 bridgehead atoms. The minimum atomic E-state index is -3.68. The van der Waals surface area contributed by atoms with Gasteiger partial charge in [0.15, 0.2) is 0 Å².